The van der Waals surface area contributed by atoms with Crippen LogP contribution in [0, 0.1) is 13.8 Å². The number of hydrogen-bond donors (Lipinski definition) is 2. The number of nitrogens with zero attached hydrogens (tertiary/aromatic N) is 1. The number of hydrogen-bond acceptors (Lipinski definition) is 4. The number of halogens is 1. The first kappa shape index (κ1) is 18.6. The maximum atomic E-state index is 12.4. The number of carbonyl (C=O) groups is 1. The maximum Gasteiger partial charge on any atom is 0.246 e. The highest BCUT2D eigenvalue weighted by Crippen LogP contribution is 2.25. The van der Waals surface area contributed by atoms with Gasteiger partial charge in [-0.1, -0.05) is 18.2 Å². The number of carbonyl (C=O) groups excluding carboxylic acids is 1. The van der Waals surface area contributed by atoms with E-state index in [1.807, 2.05) is 68.6 Å². The lowest BCUT2D eigenvalue weighted by Crippen LogP contribution is -2.31. The van der Waals surface area contributed by atoms with E-state index in [1.165, 1.54) is 0 Å². The third-order valence-electron chi connectivity index (χ3n) is 3.96. The van der Waals surface area contributed by atoms with Crippen molar-refractivity contribution in [3.8, 4) is 11.3 Å². The molecule has 1 aromatic heterocycles. The summed E-state index contributed by atoms with van der Waals surface area (Å²) in [6.45, 7) is 5.85. The molecule has 0 radical (unpaired) electrons. The molecule has 4 nitrogen and oxygen atoms in total. The summed E-state index contributed by atoms with van der Waals surface area (Å²) in [6, 6.07) is 13.4. The normalized spacial score (nSPS) is 11.8. The molecule has 3 rings (SSSR count). The summed E-state index contributed by atoms with van der Waals surface area (Å²) in [5, 5.41) is 9.27. The SMILES string of the molecule is Cc1ccc(NC(=O)C(C)Nc2ccc(-c3csc(C)n3)cc2)c(Br)c1. The van der Waals surface area contributed by atoms with E-state index in [-0.39, 0.29) is 11.9 Å². The first-order chi connectivity index (χ1) is 12.4. The minimum Gasteiger partial charge on any atom is -0.374 e. The van der Waals surface area contributed by atoms with E-state index in [4.69, 9.17) is 0 Å². The summed E-state index contributed by atoms with van der Waals surface area (Å²) in [5.41, 5.74) is 4.85. The van der Waals surface area contributed by atoms with Crippen molar-refractivity contribution in [1.29, 1.82) is 0 Å². The second-order valence-electron chi connectivity index (χ2n) is 6.17. The zero-order valence-corrected chi connectivity index (χ0v) is 17.2. The van der Waals surface area contributed by atoms with E-state index in [9.17, 15) is 4.79 Å². The molecule has 0 aliphatic rings. The van der Waals surface area contributed by atoms with Crippen LogP contribution < -0.4 is 10.6 Å². The Kier molecular flexibility index (Phi) is 5.74. The van der Waals surface area contributed by atoms with Crippen LogP contribution in [-0.4, -0.2) is 16.9 Å². The highest BCUT2D eigenvalue weighted by Gasteiger charge is 2.14. The molecule has 3 aromatic rings. The van der Waals surface area contributed by atoms with Crippen LogP contribution in [0.4, 0.5) is 11.4 Å². The predicted octanol–water partition coefficient (Wildman–Crippen LogP) is 5.63. The molecule has 6 heteroatoms. The minimum absolute atomic E-state index is 0.0891. The molecule has 26 heavy (non-hydrogen) atoms. The van der Waals surface area contributed by atoms with E-state index < -0.39 is 0 Å². The Labute approximate surface area is 165 Å². The van der Waals surface area contributed by atoms with Gasteiger partial charge in [0.25, 0.3) is 0 Å². The molecule has 0 aliphatic carbocycles. The fourth-order valence-corrected chi connectivity index (χ4v) is 3.73. The van der Waals surface area contributed by atoms with Gasteiger partial charge in [-0.3, -0.25) is 4.79 Å². The molecule has 0 aliphatic heterocycles. The molecule has 0 saturated heterocycles. The van der Waals surface area contributed by atoms with Gasteiger partial charge in [0, 0.05) is 21.1 Å². The highest BCUT2D eigenvalue weighted by molar-refractivity contribution is 9.10. The Morgan fingerprint density at radius 3 is 2.50 bits per heavy atom. The average molecular weight is 430 g/mol. The molecule has 1 atom stereocenters. The van der Waals surface area contributed by atoms with Gasteiger partial charge in [0.05, 0.1) is 16.4 Å². The highest BCUT2D eigenvalue weighted by atomic mass is 79.9. The van der Waals surface area contributed by atoms with Crippen molar-refractivity contribution in [2.45, 2.75) is 26.8 Å². The van der Waals surface area contributed by atoms with Crippen LogP contribution in [0.2, 0.25) is 0 Å². The van der Waals surface area contributed by atoms with E-state index in [1.54, 1.807) is 11.3 Å². The van der Waals surface area contributed by atoms with E-state index in [0.717, 1.165) is 37.7 Å². The first-order valence-corrected chi connectivity index (χ1v) is 9.96. The van der Waals surface area contributed by atoms with E-state index in [2.05, 4.69) is 31.5 Å². The molecule has 1 heterocycles. The number of nitrogens with one attached hydrogen (secondary N) is 2. The average Bonchev–Trinajstić information content (AvgIpc) is 3.04. The lowest BCUT2D eigenvalue weighted by atomic mass is 10.1. The molecular formula is C20H20BrN3OS. The predicted molar refractivity (Wildman–Crippen MR) is 113 cm³/mol. The standard InChI is InChI=1S/C20H20BrN3OS/c1-12-4-9-18(17(21)10-12)24-20(25)13(2)22-16-7-5-15(6-8-16)19-11-26-14(3)23-19/h4-11,13,22H,1-3H3,(H,24,25). The van der Waals surface area contributed by atoms with Crippen molar-refractivity contribution in [3.05, 3.63) is 62.9 Å². The number of anilines is 2. The van der Waals surface area contributed by atoms with Crippen LogP contribution >= 0.6 is 27.3 Å². The van der Waals surface area contributed by atoms with Gasteiger partial charge in [0.15, 0.2) is 0 Å². The molecule has 1 amide bonds. The fourth-order valence-electron chi connectivity index (χ4n) is 2.51. The fraction of sp³-hybridized carbons (Fsp3) is 0.200. The molecule has 0 bridgehead atoms. The molecule has 0 spiro atoms. The summed E-state index contributed by atoms with van der Waals surface area (Å²) in [5.74, 6) is -0.0891. The van der Waals surface area contributed by atoms with Gasteiger partial charge < -0.3 is 10.6 Å². The third kappa shape index (κ3) is 4.51. The second kappa shape index (κ2) is 8.01. The van der Waals surface area contributed by atoms with Gasteiger partial charge in [-0.05, 0) is 66.5 Å². The van der Waals surface area contributed by atoms with Crippen molar-refractivity contribution in [2.24, 2.45) is 0 Å². The van der Waals surface area contributed by atoms with Crippen molar-refractivity contribution in [2.75, 3.05) is 10.6 Å². The Morgan fingerprint density at radius 1 is 1.15 bits per heavy atom. The number of aryl methyl sites for hydroxylation is 2. The first-order valence-electron chi connectivity index (χ1n) is 8.28. The molecule has 2 aromatic carbocycles. The van der Waals surface area contributed by atoms with Crippen molar-refractivity contribution >= 4 is 44.5 Å². The smallest absolute Gasteiger partial charge is 0.246 e. The van der Waals surface area contributed by atoms with Gasteiger partial charge in [-0.2, -0.15) is 0 Å². The van der Waals surface area contributed by atoms with Gasteiger partial charge >= 0.3 is 0 Å². The summed E-state index contributed by atoms with van der Waals surface area (Å²) < 4.78 is 0.876. The van der Waals surface area contributed by atoms with Crippen LogP contribution in [0.3, 0.4) is 0 Å². The van der Waals surface area contributed by atoms with Gasteiger partial charge in [0.2, 0.25) is 5.91 Å². The van der Waals surface area contributed by atoms with Gasteiger partial charge in [-0.25, -0.2) is 4.98 Å². The van der Waals surface area contributed by atoms with Crippen LogP contribution in [-0.2, 0) is 4.79 Å². The van der Waals surface area contributed by atoms with Crippen molar-refractivity contribution in [1.82, 2.24) is 4.98 Å². The number of aromatic nitrogens is 1. The van der Waals surface area contributed by atoms with Crippen LogP contribution in [0.15, 0.2) is 52.3 Å². The van der Waals surface area contributed by atoms with Crippen molar-refractivity contribution < 1.29 is 4.79 Å². The summed E-state index contributed by atoms with van der Waals surface area (Å²) in [6.07, 6.45) is 0. The quantitative estimate of drug-likeness (QED) is 0.552. The molecule has 1 unspecified atom stereocenters. The van der Waals surface area contributed by atoms with E-state index in [0.29, 0.717) is 0 Å². The summed E-state index contributed by atoms with van der Waals surface area (Å²) in [4.78, 5) is 16.9. The molecule has 0 saturated carbocycles. The van der Waals surface area contributed by atoms with Crippen LogP contribution in [0.1, 0.15) is 17.5 Å². The largest absolute Gasteiger partial charge is 0.374 e. The Balaban J connectivity index is 1.63. The number of thiazole rings is 1. The number of rotatable bonds is 5. The number of benzene rings is 2. The molecular weight excluding hydrogens is 410 g/mol. The van der Waals surface area contributed by atoms with Crippen LogP contribution in [0.5, 0.6) is 0 Å². The molecule has 0 fully saturated rings. The molecule has 2 N–H and O–H groups in total. The minimum atomic E-state index is -0.365. The maximum absolute atomic E-state index is 12.4. The lowest BCUT2D eigenvalue weighted by molar-refractivity contribution is -0.116. The topological polar surface area (TPSA) is 54.0 Å². The third-order valence-corrected chi connectivity index (χ3v) is 5.39. The Bertz CT molecular complexity index is 921. The lowest BCUT2D eigenvalue weighted by Gasteiger charge is -2.16. The molecule has 134 valence electrons. The summed E-state index contributed by atoms with van der Waals surface area (Å²) in [7, 11) is 0. The van der Waals surface area contributed by atoms with Crippen LogP contribution in [0.25, 0.3) is 11.3 Å². The zero-order valence-electron chi connectivity index (χ0n) is 14.8. The van der Waals surface area contributed by atoms with Crippen molar-refractivity contribution in [3.63, 3.8) is 0 Å². The number of amides is 1. The Morgan fingerprint density at radius 2 is 1.88 bits per heavy atom. The monoisotopic (exact) mass is 429 g/mol. The Hall–Kier alpha value is -2.18. The summed E-state index contributed by atoms with van der Waals surface area (Å²) >= 11 is 5.12. The second-order valence-corrected chi connectivity index (χ2v) is 8.08. The van der Waals surface area contributed by atoms with E-state index >= 15 is 0 Å². The van der Waals surface area contributed by atoms with Gasteiger partial charge in [0.1, 0.15) is 6.04 Å². The zero-order chi connectivity index (χ0) is 18.7. The van der Waals surface area contributed by atoms with Gasteiger partial charge in [-0.15, -0.1) is 11.3 Å².